The molecule has 0 radical (unpaired) electrons. The maximum atomic E-state index is 2.81. The van der Waals surface area contributed by atoms with Gasteiger partial charge < -0.3 is 18.8 Å². The maximum absolute atomic E-state index is 2.81. The topological polar surface area (TPSA) is 15.8 Å². The lowest BCUT2D eigenvalue weighted by molar-refractivity contribution is 0.569. The van der Waals surface area contributed by atoms with E-state index < -0.39 is 0 Å². The van der Waals surface area contributed by atoms with Gasteiger partial charge in [-0.2, -0.15) is 0 Å². The van der Waals surface area contributed by atoms with E-state index in [1.54, 1.807) is 0 Å². The van der Waals surface area contributed by atoms with Gasteiger partial charge in [-0.3, -0.25) is 0 Å². The first-order valence-electron chi connectivity index (χ1n) is 41.2. The number of hydrogen-bond acceptors (Lipinski definition) is 2. The molecule has 15 aromatic carbocycles. The summed E-state index contributed by atoms with van der Waals surface area (Å²) >= 11 is 0. The van der Waals surface area contributed by atoms with E-state index >= 15 is 0 Å². The van der Waals surface area contributed by atoms with E-state index in [2.05, 4.69) is 438 Å². The molecular formula is C110H97BN4. The van der Waals surface area contributed by atoms with E-state index in [1.807, 2.05) is 0 Å². The highest BCUT2D eigenvalue weighted by Crippen LogP contribution is 2.57. The first-order valence-corrected chi connectivity index (χ1v) is 41.2. The Morgan fingerprint density at radius 2 is 0.661 bits per heavy atom. The molecule has 2 aliphatic rings. The summed E-state index contributed by atoms with van der Waals surface area (Å²) in [5, 5.41) is 12.0. The Labute approximate surface area is 677 Å². The van der Waals surface area contributed by atoms with Gasteiger partial charge in [-0.05, 0) is 205 Å². The molecular weight excluding hydrogens is 1390 g/mol. The maximum Gasteiger partial charge on any atom is 0.252 e. The summed E-state index contributed by atoms with van der Waals surface area (Å²) in [5.41, 5.74) is 32.6. The molecule has 0 spiro atoms. The monoisotopic (exact) mass is 1480 g/mol. The Morgan fingerprint density at radius 3 is 1.20 bits per heavy atom. The molecule has 0 bridgehead atoms. The Balaban J connectivity index is 1.02. The second-order valence-electron chi connectivity index (χ2n) is 37.7. The van der Waals surface area contributed by atoms with Crippen molar-refractivity contribution in [3.05, 3.63) is 343 Å². The molecule has 0 atom stereocenters. The van der Waals surface area contributed by atoms with Crippen LogP contribution in [-0.4, -0.2) is 15.7 Å². The zero-order valence-corrected chi connectivity index (χ0v) is 68.9. The van der Waals surface area contributed by atoms with Crippen molar-refractivity contribution in [2.45, 2.75) is 131 Å². The van der Waals surface area contributed by atoms with Crippen molar-refractivity contribution < 1.29 is 0 Å². The molecule has 20 rings (SSSR count). The van der Waals surface area contributed by atoms with Gasteiger partial charge in [0.05, 0.1) is 39.0 Å². The van der Waals surface area contributed by atoms with E-state index in [0.717, 1.165) is 84.2 Å². The number of para-hydroxylation sites is 2. The number of fused-ring (bicyclic) bond motifs is 18. The summed E-state index contributed by atoms with van der Waals surface area (Å²) in [5.74, 6) is 0. The Bertz CT molecular complexity index is 6920. The molecule has 18 aromatic rings. The normalized spacial score (nSPS) is 13.3. The summed E-state index contributed by atoms with van der Waals surface area (Å²) in [4.78, 5) is 5.49. The van der Waals surface area contributed by atoms with Crippen molar-refractivity contribution in [1.29, 1.82) is 0 Å². The first kappa shape index (κ1) is 71.6. The highest BCUT2D eigenvalue weighted by atomic mass is 15.2. The zero-order valence-electron chi connectivity index (χ0n) is 68.9. The van der Waals surface area contributed by atoms with Crippen molar-refractivity contribution in [2.75, 3.05) is 9.80 Å². The molecule has 3 aromatic heterocycles. The third-order valence-electron chi connectivity index (χ3n) is 25.2. The first-order chi connectivity index (χ1) is 55.2. The second-order valence-corrected chi connectivity index (χ2v) is 37.7. The third kappa shape index (κ3) is 11.6. The molecule has 2 aliphatic heterocycles. The fourth-order valence-corrected chi connectivity index (χ4v) is 19.0. The Morgan fingerprint density at radius 1 is 0.235 bits per heavy atom. The minimum absolute atomic E-state index is 0.0641. The number of nitrogens with zero attached hydrogens (tertiary/aromatic N) is 4. The second kappa shape index (κ2) is 26.1. The number of benzene rings is 15. The molecule has 0 unspecified atom stereocenters. The number of aromatic nitrogens is 2. The number of anilines is 6. The van der Waals surface area contributed by atoms with Crippen LogP contribution in [0.1, 0.15) is 132 Å². The highest BCUT2D eigenvalue weighted by Gasteiger charge is 2.47. The largest absolute Gasteiger partial charge is 0.311 e. The molecule has 560 valence electrons. The molecule has 0 N–H and O–H groups in total. The lowest BCUT2D eigenvalue weighted by Crippen LogP contribution is -2.61. The van der Waals surface area contributed by atoms with Crippen molar-refractivity contribution >= 4 is 139 Å². The SMILES string of the molecule is CC(C)(C)c1cc(-c2ccc3c(c2)N(c2c(-c4ccccc4)cc(C(C)(C)C)cc2-c2ccccc2)c2c4c(cc5c2c2cccc6c7ccccc7c7ccccc7c7ccccc7n5c62)N(c2ccc(-c5ccccc5)cc2)c2cc(-n5c6ccc(C(C)(C)C)cc6c6cc(C(C)(C)C)ccc65)ccc2B34)cc(C(C)(C)C)c1. The molecule has 0 saturated heterocycles. The molecule has 5 heterocycles. The van der Waals surface area contributed by atoms with Gasteiger partial charge in [0, 0.05) is 71.9 Å². The summed E-state index contributed by atoms with van der Waals surface area (Å²) in [7, 11) is 0. The molecule has 4 nitrogen and oxygen atoms in total. The van der Waals surface area contributed by atoms with Crippen LogP contribution in [0.5, 0.6) is 0 Å². The molecule has 115 heavy (non-hydrogen) atoms. The quantitative estimate of drug-likeness (QED) is 0.148. The molecule has 0 fully saturated rings. The Hall–Kier alpha value is -12.4. The number of rotatable bonds is 7. The minimum Gasteiger partial charge on any atom is -0.311 e. The van der Waals surface area contributed by atoms with Crippen LogP contribution in [-0.2, 0) is 27.1 Å². The van der Waals surface area contributed by atoms with Gasteiger partial charge in [-0.25, -0.2) is 0 Å². The smallest absolute Gasteiger partial charge is 0.252 e. The summed E-state index contributed by atoms with van der Waals surface area (Å²) in [6.45, 7) is 35.1. The Kier molecular flexibility index (Phi) is 16.2. The van der Waals surface area contributed by atoms with E-state index in [9.17, 15) is 0 Å². The van der Waals surface area contributed by atoms with Gasteiger partial charge in [0.25, 0.3) is 6.71 Å². The van der Waals surface area contributed by atoms with Crippen LogP contribution in [0.3, 0.4) is 0 Å². The van der Waals surface area contributed by atoms with Gasteiger partial charge in [0.1, 0.15) is 0 Å². The van der Waals surface area contributed by atoms with E-state index in [-0.39, 0.29) is 33.8 Å². The molecule has 0 amide bonds. The highest BCUT2D eigenvalue weighted by molar-refractivity contribution is 7.00. The predicted octanol–water partition coefficient (Wildman–Crippen LogP) is 28.6. The standard InChI is InChI=1S/C110H97BN4/c1-106(2,3)74-49-56-95-90(62-74)91-63-75(107(4,5)6)50-57-96(91)113(95)80-53-55-93-98(66-80)112(79-51-46-69(47-52-79)68-32-19-16-20-33-68)100-67-99-101(87-44-31-43-86-84-41-28-26-39-82(84)81-38-25-27-40-83(81)85-42-29-30-45-94(85)114(99)103(86)87)105-102(100)111(93)92-54-48-72(73-58-76(108(7,8)9)61-77(59-73)109(10,11)12)60-97(92)115(105)104-88(70-34-21-17-22-35-70)64-78(110(13,14)15)65-89(104)71-36-23-18-24-37-71/h16-67H,1-15H3. The third-order valence-corrected chi connectivity index (χ3v) is 25.2. The van der Waals surface area contributed by atoms with Gasteiger partial charge in [0.15, 0.2) is 0 Å². The lowest BCUT2D eigenvalue weighted by Gasteiger charge is -2.45. The van der Waals surface area contributed by atoms with Crippen molar-refractivity contribution in [1.82, 2.24) is 8.97 Å². The lowest BCUT2D eigenvalue weighted by atomic mass is 9.33. The van der Waals surface area contributed by atoms with Gasteiger partial charge >= 0.3 is 0 Å². The molecule has 0 saturated carbocycles. The summed E-state index contributed by atoms with van der Waals surface area (Å²) in [6, 6.07) is 122. The van der Waals surface area contributed by atoms with Crippen LogP contribution in [0, 0.1) is 0 Å². The van der Waals surface area contributed by atoms with Crippen LogP contribution >= 0.6 is 0 Å². The predicted molar refractivity (Wildman–Crippen MR) is 497 cm³/mol. The van der Waals surface area contributed by atoms with E-state index in [1.165, 1.54) is 126 Å². The van der Waals surface area contributed by atoms with Crippen LogP contribution in [0.25, 0.3) is 132 Å². The van der Waals surface area contributed by atoms with Crippen LogP contribution in [0.2, 0.25) is 0 Å². The van der Waals surface area contributed by atoms with Gasteiger partial charge in [-0.15, -0.1) is 0 Å². The fraction of sp³-hybridized carbons (Fsp3) is 0.182. The average Bonchev–Trinajstić information content (AvgIpc) is 1.63. The van der Waals surface area contributed by atoms with Crippen LogP contribution < -0.4 is 26.2 Å². The fourth-order valence-electron chi connectivity index (χ4n) is 19.0. The van der Waals surface area contributed by atoms with Crippen molar-refractivity contribution in [3.8, 4) is 50.2 Å². The molecule has 0 aliphatic carbocycles. The minimum atomic E-state index is -0.291. The van der Waals surface area contributed by atoms with Gasteiger partial charge in [0.2, 0.25) is 0 Å². The zero-order chi connectivity index (χ0) is 79.1. The number of hydrogen-bond donors (Lipinski definition) is 0. The van der Waals surface area contributed by atoms with Crippen molar-refractivity contribution in [3.63, 3.8) is 0 Å². The summed E-state index contributed by atoms with van der Waals surface area (Å²) < 4.78 is 5.25. The van der Waals surface area contributed by atoms with Crippen LogP contribution in [0.15, 0.2) is 315 Å². The van der Waals surface area contributed by atoms with Crippen molar-refractivity contribution in [2.24, 2.45) is 0 Å². The average molecular weight is 1490 g/mol. The summed E-state index contributed by atoms with van der Waals surface area (Å²) in [6.07, 6.45) is 0. The molecule has 5 heteroatoms. The van der Waals surface area contributed by atoms with E-state index in [0.29, 0.717) is 0 Å². The van der Waals surface area contributed by atoms with E-state index in [4.69, 9.17) is 0 Å². The van der Waals surface area contributed by atoms with Crippen LogP contribution in [0.4, 0.5) is 34.1 Å². The van der Waals surface area contributed by atoms with Gasteiger partial charge in [-0.1, -0.05) is 340 Å².